The minimum Gasteiger partial charge on any atom is -0.382 e. The third-order valence-electron chi connectivity index (χ3n) is 2.74. The van der Waals surface area contributed by atoms with Crippen molar-refractivity contribution in [3.05, 3.63) is 47.2 Å². The molecule has 0 aliphatic rings. The molecule has 1 aromatic rings. The van der Waals surface area contributed by atoms with Crippen molar-refractivity contribution in [2.24, 2.45) is 10.8 Å². The van der Waals surface area contributed by atoms with Crippen LogP contribution in [0.3, 0.4) is 0 Å². The van der Waals surface area contributed by atoms with Gasteiger partial charge in [0.25, 0.3) is 5.91 Å². The van der Waals surface area contributed by atoms with Gasteiger partial charge in [-0.05, 0) is 18.2 Å². The molecule has 0 heterocycles. The fourth-order valence-corrected chi connectivity index (χ4v) is 1.58. The molecule has 0 atom stereocenters. The molecule has 1 aromatic carbocycles. The SMILES string of the molecule is CC(=O)NNC(=O)/C=C\N/N=C(\N)c1cc(C(F)(F)F)cc(C(F)(F)F)c1. The van der Waals surface area contributed by atoms with Crippen LogP contribution in [0, 0.1) is 0 Å². The summed E-state index contributed by atoms with van der Waals surface area (Å²) in [5, 5.41) is 3.36. The summed E-state index contributed by atoms with van der Waals surface area (Å²) in [6, 6.07) is 0.766. The first-order valence-electron chi connectivity index (χ1n) is 6.92. The van der Waals surface area contributed by atoms with Crippen LogP contribution in [0.5, 0.6) is 0 Å². The number of nitrogens with one attached hydrogen (secondary N) is 3. The van der Waals surface area contributed by atoms with Crippen molar-refractivity contribution in [1.82, 2.24) is 16.3 Å². The van der Waals surface area contributed by atoms with Crippen LogP contribution in [0.4, 0.5) is 26.3 Å². The van der Waals surface area contributed by atoms with Crippen LogP contribution >= 0.6 is 0 Å². The lowest BCUT2D eigenvalue weighted by Gasteiger charge is -2.13. The van der Waals surface area contributed by atoms with E-state index >= 15 is 0 Å². The Labute approximate surface area is 148 Å². The van der Waals surface area contributed by atoms with Gasteiger partial charge >= 0.3 is 12.4 Å². The van der Waals surface area contributed by atoms with Gasteiger partial charge in [0.2, 0.25) is 5.91 Å². The standard InChI is InChI=1S/C14H13F6N5O2/c1-7(26)23-24-11(27)2-3-22-25-12(21)8-4-9(13(15,16)17)6-10(5-8)14(18,19)20/h2-6,22H,1H3,(H2,21,25)(H,23,26)(H,24,27)/b3-2-. The first-order valence-corrected chi connectivity index (χ1v) is 6.92. The average molecular weight is 397 g/mol. The van der Waals surface area contributed by atoms with E-state index in [0.717, 1.165) is 19.2 Å². The molecule has 13 heteroatoms. The van der Waals surface area contributed by atoms with Gasteiger partial charge in [-0.2, -0.15) is 31.4 Å². The highest BCUT2D eigenvalue weighted by atomic mass is 19.4. The fraction of sp³-hybridized carbons (Fsp3) is 0.214. The number of halogens is 6. The second-order valence-corrected chi connectivity index (χ2v) is 4.92. The van der Waals surface area contributed by atoms with E-state index in [2.05, 4.69) is 10.5 Å². The van der Waals surface area contributed by atoms with Gasteiger partial charge in [0.15, 0.2) is 5.84 Å². The zero-order valence-electron chi connectivity index (χ0n) is 13.5. The van der Waals surface area contributed by atoms with Gasteiger partial charge in [-0.25, -0.2) is 0 Å². The van der Waals surface area contributed by atoms with Crippen molar-refractivity contribution in [3.8, 4) is 0 Å². The van der Waals surface area contributed by atoms with Gasteiger partial charge in [0.1, 0.15) is 0 Å². The van der Waals surface area contributed by atoms with Crippen molar-refractivity contribution in [2.75, 3.05) is 0 Å². The summed E-state index contributed by atoms with van der Waals surface area (Å²) in [4.78, 5) is 21.7. The van der Waals surface area contributed by atoms with E-state index < -0.39 is 46.7 Å². The van der Waals surface area contributed by atoms with E-state index in [4.69, 9.17) is 5.73 Å². The quantitative estimate of drug-likeness (QED) is 0.204. The summed E-state index contributed by atoms with van der Waals surface area (Å²) >= 11 is 0. The highest BCUT2D eigenvalue weighted by Gasteiger charge is 2.37. The lowest BCUT2D eigenvalue weighted by atomic mass is 10.0. The number of amides is 2. The van der Waals surface area contributed by atoms with Crippen LogP contribution in [0.25, 0.3) is 0 Å². The lowest BCUT2D eigenvalue weighted by molar-refractivity contribution is -0.143. The maximum absolute atomic E-state index is 12.8. The number of carbonyl (C=O) groups excluding carboxylic acids is 2. The highest BCUT2D eigenvalue weighted by molar-refractivity contribution is 5.97. The summed E-state index contributed by atoms with van der Waals surface area (Å²) in [6.07, 6.45) is -8.32. The molecule has 2 amide bonds. The normalized spacial score (nSPS) is 12.8. The summed E-state index contributed by atoms with van der Waals surface area (Å²) in [6.45, 7) is 1.14. The van der Waals surface area contributed by atoms with Gasteiger partial charge < -0.3 is 5.73 Å². The van der Waals surface area contributed by atoms with Crippen molar-refractivity contribution >= 4 is 17.6 Å². The number of amidine groups is 1. The monoisotopic (exact) mass is 397 g/mol. The maximum Gasteiger partial charge on any atom is 0.416 e. The number of rotatable bonds is 4. The molecule has 7 nitrogen and oxygen atoms in total. The minimum absolute atomic E-state index is 0.0452. The van der Waals surface area contributed by atoms with Crippen LogP contribution < -0.4 is 22.0 Å². The van der Waals surface area contributed by atoms with Gasteiger partial charge in [-0.1, -0.05) is 0 Å². The van der Waals surface area contributed by atoms with E-state index in [9.17, 15) is 35.9 Å². The second kappa shape index (κ2) is 8.42. The molecule has 0 unspecified atom stereocenters. The molecule has 0 bridgehead atoms. The predicted octanol–water partition coefficient (Wildman–Crippen LogP) is 1.62. The second-order valence-electron chi connectivity index (χ2n) is 4.92. The smallest absolute Gasteiger partial charge is 0.382 e. The average Bonchev–Trinajstić information content (AvgIpc) is 2.54. The molecule has 0 fully saturated rings. The van der Waals surface area contributed by atoms with E-state index in [1.165, 1.54) is 0 Å². The van der Waals surface area contributed by atoms with Gasteiger partial charge in [-0.15, -0.1) is 0 Å². The summed E-state index contributed by atoms with van der Waals surface area (Å²) in [7, 11) is 0. The number of carbonyl (C=O) groups is 2. The number of benzene rings is 1. The Balaban J connectivity index is 2.98. The topological polar surface area (TPSA) is 109 Å². The van der Waals surface area contributed by atoms with Gasteiger partial charge in [0, 0.05) is 24.8 Å². The zero-order chi connectivity index (χ0) is 20.8. The Bertz CT molecular complexity index is 738. The molecule has 0 aromatic heterocycles. The van der Waals surface area contributed by atoms with Crippen molar-refractivity contribution in [2.45, 2.75) is 19.3 Å². The number of nitrogens with zero attached hydrogens (tertiary/aromatic N) is 1. The summed E-state index contributed by atoms with van der Waals surface area (Å²) in [5.74, 6) is -2.01. The Morgan fingerprint density at radius 2 is 1.52 bits per heavy atom. The minimum atomic E-state index is -5.02. The van der Waals surface area contributed by atoms with Crippen molar-refractivity contribution in [3.63, 3.8) is 0 Å². The van der Waals surface area contributed by atoms with Crippen LogP contribution in [-0.4, -0.2) is 17.6 Å². The number of alkyl halides is 6. The Morgan fingerprint density at radius 3 is 1.96 bits per heavy atom. The first kappa shape index (κ1) is 21.8. The Morgan fingerprint density at radius 1 is 1.00 bits per heavy atom. The maximum atomic E-state index is 12.8. The summed E-state index contributed by atoms with van der Waals surface area (Å²) < 4.78 is 76.7. The molecule has 0 aliphatic heterocycles. The van der Waals surface area contributed by atoms with E-state index in [0.29, 0.717) is 12.1 Å². The number of nitrogens with two attached hydrogens (primary N) is 1. The molecule has 5 N–H and O–H groups in total. The number of hydrogen-bond acceptors (Lipinski definition) is 4. The fourth-order valence-electron chi connectivity index (χ4n) is 1.58. The molecule has 0 radical (unpaired) electrons. The summed E-state index contributed by atoms with van der Waals surface area (Å²) in [5.41, 5.74) is 7.67. The van der Waals surface area contributed by atoms with E-state index in [-0.39, 0.29) is 6.07 Å². The molecule has 0 spiro atoms. The van der Waals surface area contributed by atoms with Crippen molar-refractivity contribution < 1.29 is 35.9 Å². The highest BCUT2D eigenvalue weighted by Crippen LogP contribution is 2.36. The van der Waals surface area contributed by atoms with E-state index in [1.807, 2.05) is 10.9 Å². The Hall–Kier alpha value is -3.25. The Kier molecular flexibility index (Phi) is 6.80. The van der Waals surface area contributed by atoms with Crippen LogP contribution in [-0.2, 0) is 21.9 Å². The third-order valence-corrected chi connectivity index (χ3v) is 2.74. The lowest BCUT2D eigenvalue weighted by Crippen LogP contribution is -2.39. The number of hydrazine groups is 1. The number of hydrogen-bond donors (Lipinski definition) is 4. The van der Waals surface area contributed by atoms with E-state index in [1.54, 1.807) is 0 Å². The molecule has 0 aliphatic carbocycles. The van der Waals surface area contributed by atoms with Crippen LogP contribution in [0.1, 0.15) is 23.6 Å². The molecular formula is C14H13F6N5O2. The van der Waals surface area contributed by atoms with Gasteiger partial charge in [-0.3, -0.25) is 25.9 Å². The zero-order valence-corrected chi connectivity index (χ0v) is 13.5. The molecule has 148 valence electrons. The third kappa shape index (κ3) is 7.25. The van der Waals surface area contributed by atoms with Gasteiger partial charge in [0.05, 0.1) is 11.1 Å². The first-order chi connectivity index (χ1) is 12.3. The van der Waals surface area contributed by atoms with Crippen molar-refractivity contribution in [1.29, 1.82) is 0 Å². The number of hydrazone groups is 1. The van der Waals surface area contributed by atoms with Crippen LogP contribution in [0.15, 0.2) is 35.6 Å². The largest absolute Gasteiger partial charge is 0.416 e. The molecular weight excluding hydrogens is 384 g/mol. The molecule has 0 saturated carbocycles. The predicted molar refractivity (Wildman–Crippen MR) is 81.4 cm³/mol. The molecule has 1 rings (SSSR count). The van der Waals surface area contributed by atoms with Crippen LogP contribution in [0.2, 0.25) is 0 Å². The molecule has 0 saturated heterocycles. The molecule has 27 heavy (non-hydrogen) atoms.